The maximum absolute atomic E-state index is 9.90. The van der Waals surface area contributed by atoms with E-state index < -0.39 is 17.9 Å². The molecule has 5 N–H and O–H groups in total. The van der Waals surface area contributed by atoms with Gasteiger partial charge in [-0.25, -0.2) is 4.79 Å². The van der Waals surface area contributed by atoms with Gasteiger partial charge in [-0.05, 0) is 19.8 Å². The molecule has 0 aliphatic rings. The summed E-state index contributed by atoms with van der Waals surface area (Å²) >= 11 is 0. The van der Waals surface area contributed by atoms with Gasteiger partial charge in [-0.15, -0.1) is 0 Å². The van der Waals surface area contributed by atoms with Crippen molar-refractivity contribution in [3.05, 3.63) is 12.2 Å². The molecule has 0 aromatic heterocycles. The molecule has 0 saturated carbocycles. The second-order valence-corrected chi connectivity index (χ2v) is 4.14. The van der Waals surface area contributed by atoms with E-state index in [4.69, 9.17) is 25.5 Å². The first-order valence-corrected chi connectivity index (χ1v) is 6.80. The van der Waals surface area contributed by atoms with Crippen LogP contribution in [0, 0.1) is 0 Å². The highest BCUT2D eigenvalue weighted by Gasteiger charge is 1.99. The van der Waals surface area contributed by atoms with Gasteiger partial charge in [-0.1, -0.05) is 6.58 Å². The number of hydrogen-bond acceptors (Lipinski definition) is 6. The first kappa shape index (κ1) is 26.0. The molecule has 0 spiro atoms. The highest BCUT2D eigenvalue weighted by atomic mass is 16.5. The van der Waals surface area contributed by atoms with Gasteiger partial charge in [0.1, 0.15) is 0 Å². The number of carboxylic acid groups (broad SMARTS) is 3. The zero-order valence-electron chi connectivity index (χ0n) is 13.2. The van der Waals surface area contributed by atoms with E-state index in [1.165, 1.54) is 6.92 Å². The van der Waals surface area contributed by atoms with E-state index in [2.05, 4.69) is 11.3 Å². The third kappa shape index (κ3) is 38.4. The topological polar surface area (TPSA) is 162 Å². The fraction of sp³-hybridized carbons (Fsp3) is 0.643. The average molecular weight is 338 g/mol. The summed E-state index contributed by atoms with van der Waals surface area (Å²) in [6.07, 6.45) is 1.02. The Labute approximate surface area is 134 Å². The van der Waals surface area contributed by atoms with Gasteiger partial charge < -0.3 is 30.3 Å². The van der Waals surface area contributed by atoms with Crippen molar-refractivity contribution in [3.8, 4) is 0 Å². The second kappa shape index (κ2) is 20.0. The minimum Gasteiger partial charge on any atom is -0.481 e. The molecule has 0 heterocycles. The molecular weight excluding hydrogens is 312 g/mol. The second-order valence-electron chi connectivity index (χ2n) is 4.14. The highest BCUT2D eigenvalue weighted by Crippen LogP contribution is 1.98. The van der Waals surface area contributed by atoms with Crippen LogP contribution in [0.2, 0.25) is 0 Å². The molecule has 0 radical (unpaired) electrons. The van der Waals surface area contributed by atoms with E-state index in [-0.39, 0.29) is 31.6 Å². The number of rotatable bonds is 10. The Morgan fingerprint density at radius 1 is 0.870 bits per heavy atom. The van der Waals surface area contributed by atoms with Crippen LogP contribution in [0.5, 0.6) is 0 Å². The Hall–Kier alpha value is -1.97. The van der Waals surface area contributed by atoms with Crippen molar-refractivity contribution in [1.82, 2.24) is 0 Å². The highest BCUT2D eigenvalue weighted by molar-refractivity contribution is 5.84. The smallest absolute Gasteiger partial charge is 0.330 e. The Balaban J connectivity index is -0.000000272. The molecule has 0 aromatic carbocycles. The quantitative estimate of drug-likeness (QED) is 0.279. The van der Waals surface area contributed by atoms with Crippen LogP contribution in [-0.2, 0) is 19.1 Å². The van der Waals surface area contributed by atoms with Gasteiger partial charge in [-0.3, -0.25) is 9.59 Å². The summed E-state index contributed by atoms with van der Waals surface area (Å²) in [6.45, 7) is 5.30. The monoisotopic (exact) mass is 338 g/mol. The van der Waals surface area contributed by atoms with Gasteiger partial charge in [0.15, 0.2) is 0 Å². The zero-order chi connectivity index (χ0) is 18.7. The number of unbranched alkanes of at least 4 members (excludes halogenated alkanes) is 1. The largest absolute Gasteiger partial charge is 0.481 e. The minimum absolute atomic E-state index is 0.0278. The van der Waals surface area contributed by atoms with E-state index in [0.29, 0.717) is 26.1 Å². The lowest BCUT2D eigenvalue weighted by Crippen LogP contribution is -2.03. The van der Waals surface area contributed by atoms with Crippen LogP contribution in [0.1, 0.15) is 32.6 Å². The molecule has 0 rings (SSSR count). The molecule has 0 saturated heterocycles. The number of aliphatic hydroxyl groups is 2. The SMILES string of the molecule is C=C(C)C(=O)O.O=C(O)CCCCC(=O)O.OCCOCCO. The number of ether oxygens (including phenoxy) is 1. The molecule has 0 aliphatic heterocycles. The molecule has 0 aromatic rings. The first-order chi connectivity index (χ1) is 10.7. The summed E-state index contributed by atoms with van der Waals surface area (Å²) in [7, 11) is 0. The molecular formula is C14H26O9. The number of aliphatic carboxylic acids is 3. The summed E-state index contributed by atoms with van der Waals surface area (Å²) in [6, 6.07) is 0. The Kier molecular flexibility index (Phi) is 22.6. The van der Waals surface area contributed by atoms with Gasteiger partial charge in [0.25, 0.3) is 0 Å². The lowest BCUT2D eigenvalue weighted by molar-refractivity contribution is -0.139. The van der Waals surface area contributed by atoms with Crippen LogP contribution in [0.15, 0.2) is 12.2 Å². The van der Waals surface area contributed by atoms with Crippen molar-refractivity contribution in [1.29, 1.82) is 0 Å². The molecule has 0 fully saturated rings. The normalized spacial score (nSPS) is 8.83. The number of hydrogen-bond donors (Lipinski definition) is 5. The third-order valence-electron chi connectivity index (χ3n) is 1.87. The Morgan fingerprint density at radius 3 is 1.35 bits per heavy atom. The lowest BCUT2D eigenvalue weighted by atomic mass is 10.2. The molecule has 0 unspecified atom stereocenters. The van der Waals surface area contributed by atoms with Crippen molar-refractivity contribution in [2.75, 3.05) is 26.4 Å². The van der Waals surface area contributed by atoms with Gasteiger partial charge in [-0.2, -0.15) is 0 Å². The standard InChI is InChI=1S/C6H10O4.C4H10O3.C4H6O2/c7-5(8)3-1-2-4-6(9)10;5-1-3-7-4-2-6;1-3(2)4(5)6/h1-4H2,(H,7,8)(H,9,10);5-6H,1-4H2;1H2,2H3,(H,5,6). The molecule has 0 amide bonds. The van der Waals surface area contributed by atoms with Crippen LogP contribution < -0.4 is 0 Å². The predicted molar refractivity (Wildman–Crippen MR) is 81.2 cm³/mol. The number of carboxylic acids is 3. The van der Waals surface area contributed by atoms with Gasteiger partial charge in [0, 0.05) is 18.4 Å². The lowest BCUT2D eigenvalue weighted by Gasteiger charge is -1.94. The summed E-state index contributed by atoms with van der Waals surface area (Å²) < 4.78 is 4.63. The molecule has 136 valence electrons. The van der Waals surface area contributed by atoms with Gasteiger partial charge >= 0.3 is 17.9 Å². The zero-order valence-corrected chi connectivity index (χ0v) is 13.2. The van der Waals surface area contributed by atoms with Crippen molar-refractivity contribution in [3.63, 3.8) is 0 Å². The third-order valence-corrected chi connectivity index (χ3v) is 1.87. The van der Waals surface area contributed by atoms with Crippen molar-refractivity contribution < 1.29 is 44.7 Å². The van der Waals surface area contributed by atoms with Crippen LogP contribution in [0.4, 0.5) is 0 Å². The first-order valence-electron chi connectivity index (χ1n) is 6.80. The van der Waals surface area contributed by atoms with E-state index in [9.17, 15) is 14.4 Å². The fourth-order valence-corrected chi connectivity index (χ4v) is 0.784. The van der Waals surface area contributed by atoms with Gasteiger partial charge in [0.2, 0.25) is 0 Å². The van der Waals surface area contributed by atoms with Gasteiger partial charge in [0.05, 0.1) is 26.4 Å². The summed E-state index contributed by atoms with van der Waals surface area (Å²) in [5.74, 6) is -2.68. The Bertz CT molecular complexity index is 307. The molecule has 0 bridgehead atoms. The number of carbonyl (C=O) groups is 3. The summed E-state index contributed by atoms with van der Waals surface area (Å²) in [4.78, 5) is 29.4. The average Bonchev–Trinajstić information content (AvgIpc) is 2.45. The minimum atomic E-state index is -0.935. The predicted octanol–water partition coefficient (Wildman–Crippen LogP) is 0.351. The fourth-order valence-electron chi connectivity index (χ4n) is 0.784. The molecule has 0 atom stereocenters. The number of aliphatic hydroxyl groups excluding tert-OH is 2. The molecule has 9 heteroatoms. The maximum Gasteiger partial charge on any atom is 0.330 e. The van der Waals surface area contributed by atoms with Crippen molar-refractivity contribution in [2.24, 2.45) is 0 Å². The van der Waals surface area contributed by atoms with Crippen LogP contribution in [0.25, 0.3) is 0 Å². The van der Waals surface area contributed by atoms with Crippen LogP contribution in [0.3, 0.4) is 0 Å². The molecule has 0 aliphatic carbocycles. The maximum atomic E-state index is 9.90. The van der Waals surface area contributed by atoms with E-state index in [1.54, 1.807) is 0 Å². The Morgan fingerprint density at radius 2 is 1.17 bits per heavy atom. The molecule has 23 heavy (non-hydrogen) atoms. The molecule has 9 nitrogen and oxygen atoms in total. The van der Waals surface area contributed by atoms with Crippen molar-refractivity contribution in [2.45, 2.75) is 32.6 Å². The van der Waals surface area contributed by atoms with Crippen LogP contribution in [-0.4, -0.2) is 69.9 Å². The summed E-state index contributed by atoms with van der Waals surface area (Å²) in [5, 5.41) is 40.3. The van der Waals surface area contributed by atoms with E-state index in [0.717, 1.165) is 0 Å². The summed E-state index contributed by atoms with van der Waals surface area (Å²) in [5.41, 5.74) is 0.176. The van der Waals surface area contributed by atoms with E-state index in [1.807, 2.05) is 0 Å². The van der Waals surface area contributed by atoms with E-state index >= 15 is 0 Å². The van der Waals surface area contributed by atoms with Crippen molar-refractivity contribution >= 4 is 17.9 Å². The van der Waals surface area contributed by atoms with Crippen LogP contribution >= 0.6 is 0 Å².